The number of imidazole rings is 1. The van der Waals surface area contributed by atoms with E-state index < -0.39 is 12.0 Å². The number of aromatic nitrogens is 2. The average Bonchev–Trinajstić information content (AvgIpc) is 2.76. The van der Waals surface area contributed by atoms with E-state index in [4.69, 9.17) is 10.8 Å². The Labute approximate surface area is 121 Å². The zero-order valence-electron chi connectivity index (χ0n) is 11.8. The molecule has 0 fully saturated rings. The molecule has 0 unspecified atom stereocenters. The van der Waals surface area contributed by atoms with Crippen LogP contribution in [0.3, 0.4) is 0 Å². The number of benzene rings is 1. The first-order chi connectivity index (χ1) is 10.0. The number of urea groups is 1. The van der Waals surface area contributed by atoms with Crippen LogP contribution in [0.5, 0.6) is 0 Å². The van der Waals surface area contributed by atoms with Crippen molar-refractivity contribution in [1.29, 1.82) is 0 Å². The number of carboxylic acid groups (broad SMARTS) is 1. The van der Waals surface area contributed by atoms with E-state index >= 15 is 0 Å². The van der Waals surface area contributed by atoms with Crippen molar-refractivity contribution in [3.05, 3.63) is 29.6 Å². The van der Waals surface area contributed by atoms with E-state index in [2.05, 4.69) is 10.3 Å². The maximum absolute atomic E-state index is 11.0. The lowest BCUT2D eigenvalue weighted by Crippen LogP contribution is -2.32. The highest BCUT2D eigenvalue weighted by molar-refractivity contribution is 5.92. The Bertz CT molecular complexity index is 678. The van der Waals surface area contributed by atoms with E-state index in [1.54, 1.807) is 18.2 Å². The topological polar surface area (TPSA) is 110 Å². The zero-order valence-corrected chi connectivity index (χ0v) is 11.8. The maximum atomic E-state index is 11.0. The van der Waals surface area contributed by atoms with Crippen LogP contribution in [0.15, 0.2) is 18.2 Å². The fourth-order valence-corrected chi connectivity index (χ4v) is 2.27. The van der Waals surface area contributed by atoms with Crippen molar-refractivity contribution in [2.75, 3.05) is 6.54 Å². The standard InChI is InChI=1S/C14H18N4O3/c1-2-3-12-17-10-8-9(13(19)20)4-5-11(10)18(12)7-6-16-14(15)21/h4-5,8H,2-3,6-7H2,1H3,(H,19,20)(H3,15,16,21). The lowest BCUT2D eigenvalue weighted by Gasteiger charge is -2.09. The minimum Gasteiger partial charge on any atom is -0.478 e. The molecule has 1 aromatic carbocycles. The van der Waals surface area contributed by atoms with Gasteiger partial charge in [0, 0.05) is 19.5 Å². The van der Waals surface area contributed by atoms with E-state index in [1.165, 1.54) is 0 Å². The molecule has 2 aromatic rings. The smallest absolute Gasteiger partial charge is 0.335 e. The number of nitrogens with one attached hydrogen (secondary N) is 1. The third kappa shape index (κ3) is 3.31. The van der Waals surface area contributed by atoms with Gasteiger partial charge in [0.15, 0.2) is 0 Å². The van der Waals surface area contributed by atoms with Crippen LogP contribution in [0.25, 0.3) is 11.0 Å². The van der Waals surface area contributed by atoms with Gasteiger partial charge in [-0.05, 0) is 24.6 Å². The van der Waals surface area contributed by atoms with Gasteiger partial charge in [0.2, 0.25) is 0 Å². The van der Waals surface area contributed by atoms with Crippen molar-refractivity contribution >= 4 is 23.0 Å². The third-order valence-corrected chi connectivity index (χ3v) is 3.18. The summed E-state index contributed by atoms with van der Waals surface area (Å²) in [6.07, 6.45) is 1.71. The highest BCUT2D eigenvalue weighted by Gasteiger charge is 2.12. The van der Waals surface area contributed by atoms with E-state index in [0.29, 0.717) is 18.6 Å². The SMILES string of the molecule is CCCc1nc2cc(C(=O)O)ccc2n1CCNC(N)=O. The molecule has 0 saturated heterocycles. The number of aryl methyl sites for hydroxylation is 1. The van der Waals surface area contributed by atoms with Crippen molar-refractivity contribution in [3.8, 4) is 0 Å². The average molecular weight is 290 g/mol. The molecule has 0 aliphatic heterocycles. The Morgan fingerprint density at radius 2 is 2.19 bits per heavy atom. The summed E-state index contributed by atoms with van der Waals surface area (Å²) in [5.41, 5.74) is 6.77. The third-order valence-electron chi connectivity index (χ3n) is 3.18. The Kier molecular flexibility index (Phi) is 4.42. The van der Waals surface area contributed by atoms with Crippen LogP contribution in [-0.2, 0) is 13.0 Å². The number of rotatable bonds is 6. The normalized spacial score (nSPS) is 10.7. The van der Waals surface area contributed by atoms with Crippen LogP contribution < -0.4 is 11.1 Å². The molecule has 0 atom stereocenters. The predicted molar refractivity (Wildman–Crippen MR) is 78.3 cm³/mol. The molecule has 7 nitrogen and oxygen atoms in total. The quantitative estimate of drug-likeness (QED) is 0.745. The first-order valence-corrected chi connectivity index (χ1v) is 6.78. The highest BCUT2D eigenvalue weighted by atomic mass is 16.4. The number of carbonyl (C=O) groups excluding carboxylic acids is 1. The van der Waals surface area contributed by atoms with Crippen LogP contribution in [0.1, 0.15) is 29.5 Å². The van der Waals surface area contributed by atoms with E-state index in [9.17, 15) is 9.59 Å². The molecule has 21 heavy (non-hydrogen) atoms. The van der Waals surface area contributed by atoms with E-state index in [-0.39, 0.29) is 5.56 Å². The van der Waals surface area contributed by atoms with Crippen molar-refractivity contribution in [2.24, 2.45) is 5.73 Å². The maximum Gasteiger partial charge on any atom is 0.335 e. The molecular weight excluding hydrogens is 272 g/mol. The fraction of sp³-hybridized carbons (Fsp3) is 0.357. The van der Waals surface area contributed by atoms with Gasteiger partial charge in [-0.15, -0.1) is 0 Å². The number of aromatic carboxylic acids is 1. The summed E-state index contributed by atoms with van der Waals surface area (Å²) in [5, 5.41) is 11.6. The van der Waals surface area contributed by atoms with Gasteiger partial charge in [-0.3, -0.25) is 0 Å². The Morgan fingerprint density at radius 1 is 1.43 bits per heavy atom. The molecule has 0 spiro atoms. The number of amides is 2. The van der Waals surface area contributed by atoms with E-state index in [1.807, 2.05) is 11.5 Å². The number of nitrogens with zero attached hydrogens (tertiary/aromatic N) is 2. The first-order valence-electron chi connectivity index (χ1n) is 6.78. The van der Waals surface area contributed by atoms with Crippen molar-refractivity contribution < 1.29 is 14.7 Å². The van der Waals surface area contributed by atoms with Gasteiger partial charge in [-0.25, -0.2) is 14.6 Å². The molecular formula is C14H18N4O3. The molecule has 4 N–H and O–H groups in total. The molecule has 0 bridgehead atoms. The molecule has 0 aliphatic carbocycles. The molecule has 2 amide bonds. The van der Waals surface area contributed by atoms with Crippen LogP contribution in [0.4, 0.5) is 4.79 Å². The van der Waals surface area contributed by atoms with Gasteiger partial charge in [0.05, 0.1) is 16.6 Å². The summed E-state index contributed by atoms with van der Waals surface area (Å²) < 4.78 is 1.99. The minimum atomic E-state index is -0.973. The number of hydrogen-bond donors (Lipinski definition) is 3. The zero-order chi connectivity index (χ0) is 15.4. The molecule has 0 saturated carbocycles. The van der Waals surface area contributed by atoms with Gasteiger partial charge in [-0.1, -0.05) is 6.92 Å². The van der Waals surface area contributed by atoms with Gasteiger partial charge in [0.25, 0.3) is 0 Å². The Hall–Kier alpha value is -2.57. The number of fused-ring (bicyclic) bond motifs is 1. The molecule has 0 radical (unpaired) electrons. The second kappa shape index (κ2) is 6.25. The van der Waals surface area contributed by atoms with Crippen molar-refractivity contribution in [3.63, 3.8) is 0 Å². The number of primary amides is 1. The second-order valence-electron chi connectivity index (χ2n) is 4.73. The number of carboxylic acids is 1. The number of nitrogens with two attached hydrogens (primary N) is 1. The molecule has 1 aromatic heterocycles. The summed E-state index contributed by atoms with van der Waals surface area (Å²) in [5.74, 6) is -0.0970. The monoisotopic (exact) mass is 290 g/mol. The predicted octanol–water partition coefficient (Wildman–Crippen LogP) is 1.36. The molecule has 112 valence electrons. The summed E-state index contributed by atoms with van der Waals surface area (Å²) in [7, 11) is 0. The lowest BCUT2D eigenvalue weighted by molar-refractivity contribution is 0.0697. The second-order valence-corrected chi connectivity index (χ2v) is 4.73. The van der Waals surface area contributed by atoms with Crippen LogP contribution in [0, 0.1) is 0 Å². The lowest BCUT2D eigenvalue weighted by atomic mass is 10.2. The van der Waals surface area contributed by atoms with E-state index in [0.717, 1.165) is 24.2 Å². The summed E-state index contributed by atoms with van der Waals surface area (Å²) in [6, 6.07) is 4.30. The molecule has 7 heteroatoms. The summed E-state index contributed by atoms with van der Waals surface area (Å²) in [4.78, 5) is 26.3. The minimum absolute atomic E-state index is 0.213. The highest BCUT2D eigenvalue weighted by Crippen LogP contribution is 2.19. The van der Waals surface area contributed by atoms with Gasteiger partial charge in [-0.2, -0.15) is 0 Å². The van der Waals surface area contributed by atoms with Crippen LogP contribution in [-0.4, -0.2) is 33.2 Å². The van der Waals surface area contributed by atoms with Crippen LogP contribution in [0.2, 0.25) is 0 Å². The first kappa shape index (κ1) is 14.8. The largest absolute Gasteiger partial charge is 0.478 e. The molecule has 1 heterocycles. The number of carbonyl (C=O) groups is 2. The van der Waals surface area contributed by atoms with Gasteiger partial charge >= 0.3 is 12.0 Å². The van der Waals surface area contributed by atoms with Gasteiger partial charge in [0.1, 0.15) is 5.82 Å². The van der Waals surface area contributed by atoms with Crippen LogP contribution >= 0.6 is 0 Å². The fourth-order valence-electron chi connectivity index (χ4n) is 2.27. The molecule has 0 aliphatic rings. The summed E-state index contributed by atoms with van der Waals surface area (Å²) in [6.45, 7) is 2.99. The van der Waals surface area contributed by atoms with Gasteiger partial charge < -0.3 is 20.7 Å². The number of hydrogen-bond acceptors (Lipinski definition) is 3. The Morgan fingerprint density at radius 3 is 2.81 bits per heavy atom. The van der Waals surface area contributed by atoms with Crippen molar-refractivity contribution in [1.82, 2.24) is 14.9 Å². The molecule has 2 rings (SSSR count). The van der Waals surface area contributed by atoms with Crippen molar-refractivity contribution in [2.45, 2.75) is 26.3 Å². The summed E-state index contributed by atoms with van der Waals surface area (Å²) >= 11 is 0. The Balaban J connectivity index is 2.37.